The zero-order valence-electron chi connectivity index (χ0n) is 14.1. The predicted octanol–water partition coefficient (Wildman–Crippen LogP) is 4.24. The predicted molar refractivity (Wildman–Crippen MR) is 102 cm³/mol. The molecular weight excluding hydrogens is 415 g/mol. The van der Waals surface area contributed by atoms with Gasteiger partial charge in [-0.2, -0.15) is 0 Å². The van der Waals surface area contributed by atoms with Crippen LogP contribution in [-0.2, 0) is 0 Å². The molecule has 3 aromatic rings. The van der Waals surface area contributed by atoms with Gasteiger partial charge < -0.3 is 15.2 Å². The molecule has 3 rings (SSSR count). The first-order valence-corrected chi connectivity index (χ1v) is 8.92. The third-order valence-electron chi connectivity index (χ3n) is 3.73. The standard InChI is InChI=1S/C20H16BrFN2O3/c21-15-2-1-3-17(10-15)27-19-9-6-14(11-23-19)20(26)24-12-18(25)13-4-7-16(22)8-5-13/h1-11,18,25H,12H2,(H,24,26). The number of aliphatic hydroxyl groups is 1. The molecular formula is C20H16BrFN2O3. The van der Waals surface area contributed by atoms with E-state index in [-0.39, 0.29) is 18.3 Å². The van der Waals surface area contributed by atoms with E-state index in [9.17, 15) is 14.3 Å². The fourth-order valence-corrected chi connectivity index (χ4v) is 2.70. The lowest BCUT2D eigenvalue weighted by Crippen LogP contribution is -2.28. The summed E-state index contributed by atoms with van der Waals surface area (Å²) in [5.74, 6) is 0.219. The molecule has 1 aromatic heterocycles. The van der Waals surface area contributed by atoms with Crippen molar-refractivity contribution in [3.63, 3.8) is 0 Å². The molecule has 1 amide bonds. The maximum absolute atomic E-state index is 12.9. The summed E-state index contributed by atoms with van der Waals surface area (Å²) in [6, 6.07) is 16.0. The Bertz CT molecular complexity index is 917. The quantitative estimate of drug-likeness (QED) is 0.613. The SMILES string of the molecule is O=C(NCC(O)c1ccc(F)cc1)c1ccc(Oc2cccc(Br)c2)nc1. The molecule has 2 N–H and O–H groups in total. The highest BCUT2D eigenvalue weighted by Crippen LogP contribution is 2.23. The fourth-order valence-electron chi connectivity index (χ4n) is 2.32. The van der Waals surface area contributed by atoms with Crippen molar-refractivity contribution in [2.24, 2.45) is 0 Å². The number of hydrogen-bond acceptors (Lipinski definition) is 4. The Kier molecular flexibility index (Phi) is 6.16. The summed E-state index contributed by atoms with van der Waals surface area (Å²) in [5, 5.41) is 12.7. The number of halogens is 2. The highest BCUT2D eigenvalue weighted by atomic mass is 79.9. The van der Waals surface area contributed by atoms with Gasteiger partial charge >= 0.3 is 0 Å². The number of pyridine rings is 1. The van der Waals surface area contributed by atoms with Gasteiger partial charge in [-0.15, -0.1) is 0 Å². The van der Waals surface area contributed by atoms with E-state index < -0.39 is 6.10 Å². The van der Waals surface area contributed by atoms with Crippen molar-refractivity contribution >= 4 is 21.8 Å². The molecule has 0 radical (unpaired) electrons. The molecule has 0 spiro atoms. The van der Waals surface area contributed by atoms with Crippen molar-refractivity contribution in [1.29, 1.82) is 0 Å². The van der Waals surface area contributed by atoms with Crippen LogP contribution in [0.25, 0.3) is 0 Å². The first-order chi connectivity index (χ1) is 13.0. The number of carbonyl (C=O) groups excluding carboxylic acids is 1. The smallest absolute Gasteiger partial charge is 0.252 e. The average molecular weight is 431 g/mol. The largest absolute Gasteiger partial charge is 0.439 e. The fraction of sp³-hybridized carbons (Fsp3) is 0.100. The van der Waals surface area contributed by atoms with Crippen LogP contribution >= 0.6 is 15.9 Å². The summed E-state index contributed by atoms with van der Waals surface area (Å²) in [5.41, 5.74) is 0.857. The molecule has 1 atom stereocenters. The second-order valence-electron chi connectivity index (χ2n) is 5.72. The normalized spacial score (nSPS) is 11.7. The molecule has 5 nitrogen and oxygen atoms in total. The van der Waals surface area contributed by atoms with Crippen LogP contribution in [0.4, 0.5) is 4.39 Å². The van der Waals surface area contributed by atoms with Crippen LogP contribution in [-0.4, -0.2) is 22.5 Å². The number of amides is 1. The van der Waals surface area contributed by atoms with Gasteiger partial charge in [0.25, 0.3) is 5.91 Å². The van der Waals surface area contributed by atoms with Gasteiger partial charge in [0.1, 0.15) is 11.6 Å². The number of nitrogens with zero attached hydrogens (tertiary/aromatic N) is 1. The maximum Gasteiger partial charge on any atom is 0.252 e. The van der Waals surface area contributed by atoms with Gasteiger partial charge in [-0.1, -0.05) is 34.1 Å². The lowest BCUT2D eigenvalue weighted by atomic mass is 10.1. The Morgan fingerprint density at radius 1 is 1.19 bits per heavy atom. The van der Waals surface area contributed by atoms with E-state index in [4.69, 9.17) is 4.74 Å². The third-order valence-corrected chi connectivity index (χ3v) is 4.22. The number of benzene rings is 2. The van der Waals surface area contributed by atoms with Crippen molar-refractivity contribution < 1.29 is 19.0 Å². The molecule has 0 aliphatic carbocycles. The molecule has 27 heavy (non-hydrogen) atoms. The Labute approximate surface area is 164 Å². The number of nitrogens with one attached hydrogen (secondary N) is 1. The van der Waals surface area contributed by atoms with Gasteiger partial charge in [-0.3, -0.25) is 4.79 Å². The molecule has 0 bridgehead atoms. The summed E-state index contributed by atoms with van der Waals surface area (Å²) in [7, 11) is 0. The van der Waals surface area contributed by atoms with E-state index in [1.807, 2.05) is 12.1 Å². The zero-order valence-corrected chi connectivity index (χ0v) is 15.7. The van der Waals surface area contributed by atoms with Crippen LogP contribution in [0.1, 0.15) is 22.0 Å². The number of ether oxygens (including phenoxy) is 1. The van der Waals surface area contributed by atoms with Gasteiger partial charge in [0.2, 0.25) is 5.88 Å². The zero-order chi connectivity index (χ0) is 19.2. The molecule has 0 saturated heterocycles. The molecule has 0 saturated carbocycles. The highest BCUT2D eigenvalue weighted by Gasteiger charge is 2.12. The molecule has 1 unspecified atom stereocenters. The second-order valence-corrected chi connectivity index (χ2v) is 6.64. The lowest BCUT2D eigenvalue weighted by molar-refractivity contribution is 0.0916. The number of hydrogen-bond donors (Lipinski definition) is 2. The van der Waals surface area contributed by atoms with Crippen LogP contribution in [0.15, 0.2) is 71.3 Å². The minimum atomic E-state index is -0.929. The van der Waals surface area contributed by atoms with Gasteiger partial charge in [0, 0.05) is 23.3 Å². The molecule has 138 valence electrons. The van der Waals surface area contributed by atoms with E-state index in [0.717, 1.165) is 4.47 Å². The van der Waals surface area contributed by atoms with Crippen molar-refractivity contribution in [2.75, 3.05) is 6.54 Å². The van der Waals surface area contributed by atoms with E-state index >= 15 is 0 Å². The van der Waals surface area contributed by atoms with Crippen molar-refractivity contribution in [2.45, 2.75) is 6.10 Å². The van der Waals surface area contributed by atoms with Crippen LogP contribution < -0.4 is 10.1 Å². The van der Waals surface area contributed by atoms with E-state index in [1.54, 1.807) is 24.3 Å². The Balaban J connectivity index is 1.56. The number of aromatic nitrogens is 1. The summed E-state index contributed by atoms with van der Waals surface area (Å²) in [6.07, 6.45) is 0.467. The van der Waals surface area contributed by atoms with Crippen molar-refractivity contribution in [3.8, 4) is 11.6 Å². The van der Waals surface area contributed by atoms with Crippen LogP contribution in [0.2, 0.25) is 0 Å². The van der Waals surface area contributed by atoms with Gasteiger partial charge in [0.05, 0.1) is 11.7 Å². The Morgan fingerprint density at radius 3 is 2.63 bits per heavy atom. The molecule has 1 heterocycles. The molecule has 2 aromatic carbocycles. The number of rotatable bonds is 6. The molecule has 0 fully saturated rings. The molecule has 7 heteroatoms. The first kappa shape index (κ1) is 19.0. The number of aliphatic hydroxyl groups excluding tert-OH is 1. The highest BCUT2D eigenvalue weighted by molar-refractivity contribution is 9.10. The van der Waals surface area contributed by atoms with E-state index in [0.29, 0.717) is 22.8 Å². The van der Waals surface area contributed by atoms with Gasteiger partial charge in [-0.05, 0) is 42.0 Å². The van der Waals surface area contributed by atoms with Crippen LogP contribution in [0.5, 0.6) is 11.6 Å². The summed E-state index contributed by atoms with van der Waals surface area (Å²) >= 11 is 3.36. The maximum atomic E-state index is 12.9. The first-order valence-electron chi connectivity index (χ1n) is 8.12. The average Bonchev–Trinajstić information content (AvgIpc) is 2.67. The van der Waals surface area contributed by atoms with Gasteiger partial charge in [-0.25, -0.2) is 9.37 Å². The van der Waals surface area contributed by atoms with Gasteiger partial charge in [0.15, 0.2) is 0 Å². The number of carbonyl (C=O) groups is 1. The van der Waals surface area contributed by atoms with E-state index in [2.05, 4.69) is 26.2 Å². The van der Waals surface area contributed by atoms with Crippen LogP contribution in [0, 0.1) is 5.82 Å². The van der Waals surface area contributed by atoms with Crippen molar-refractivity contribution in [3.05, 3.63) is 88.3 Å². The summed E-state index contributed by atoms with van der Waals surface area (Å²) in [4.78, 5) is 16.3. The minimum absolute atomic E-state index is 0.000753. The van der Waals surface area contributed by atoms with Crippen molar-refractivity contribution in [1.82, 2.24) is 10.3 Å². The van der Waals surface area contributed by atoms with Crippen LogP contribution in [0.3, 0.4) is 0 Å². The lowest BCUT2D eigenvalue weighted by Gasteiger charge is -2.12. The summed E-state index contributed by atoms with van der Waals surface area (Å²) in [6.45, 7) is 0.000753. The Hall–Kier alpha value is -2.77. The minimum Gasteiger partial charge on any atom is -0.439 e. The van der Waals surface area contributed by atoms with E-state index in [1.165, 1.54) is 30.5 Å². The topological polar surface area (TPSA) is 71.5 Å². The summed E-state index contributed by atoms with van der Waals surface area (Å²) < 4.78 is 19.4. The monoisotopic (exact) mass is 430 g/mol. The molecule has 0 aliphatic heterocycles. The second kappa shape index (κ2) is 8.75. The molecule has 0 aliphatic rings. The third kappa shape index (κ3) is 5.35. The Morgan fingerprint density at radius 2 is 1.96 bits per heavy atom.